The van der Waals surface area contributed by atoms with E-state index in [1.165, 1.54) is 0 Å². The first-order valence-electron chi connectivity index (χ1n) is 7.52. The Hall–Kier alpha value is -2.06. The van der Waals surface area contributed by atoms with E-state index in [4.69, 9.17) is 10.00 Å². The van der Waals surface area contributed by atoms with Gasteiger partial charge in [-0.1, -0.05) is 12.1 Å². The molecular weight excluding hydrogens is 278 g/mol. The van der Waals surface area contributed by atoms with Gasteiger partial charge in [0.25, 0.3) is 0 Å². The minimum absolute atomic E-state index is 0.162. The van der Waals surface area contributed by atoms with Gasteiger partial charge in [0.05, 0.1) is 11.6 Å². The molecule has 0 fully saturated rings. The van der Waals surface area contributed by atoms with E-state index < -0.39 is 5.60 Å². The average molecular weight is 303 g/mol. The van der Waals surface area contributed by atoms with Gasteiger partial charge in [0.15, 0.2) is 0 Å². The number of hydrogen-bond donors (Lipinski definition) is 2. The fraction of sp³-hybridized carbons (Fsp3) is 0.529. The lowest BCUT2D eigenvalue weighted by molar-refractivity contribution is 0.0527. The van der Waals surface area contributed by atoms with Crippen LogP contribution in [0.4, 0.5) is 4.79 Å². The maximum absolute atomic E-state index is 11.5. The first-order chi connectivity index (χ1) is 10.3. The number of hydrogen-bond acceptors (Lipinski definition) is 4. The molecule has 5 heteroatoms. The molecule has 0 saturated carbocycles. The lowest BCUT2D eigenvalue weighted by Crippen LogP contribution is -2.34. The summed E-state index contributed by atoms with van der Waals surface area (Å²) in [5, 5.41) is 15.0. The smallest absolute Gasteiger partial charge is 0.407 e. The molecule has 1 aromatic rings. The molecule has 0 aromatic heterocycles. The molecule has 0 saturated heterocycles. The summed E-state index contributed by atoms with van der Waals surface area (Å²) in [6, 6.07) is 9.86. The van der Waals surface area contributed by atoms with E-state index in [-0.39, 0.29) is 12.1 Å². The normalized spacial score (nSPS) is 12.3. The lowest BCUT2D eigenvalue weighted by atomic mass is 10.1. The molecule has 0 aliphatic heterocycles. The van der Waals surface area contributed by atoms with Gasteiger partial charge in [-0.15, -0.1) is 0 Å². The van der Waals surface area contributed by atoms with Crippen LogP contribution in [0.5, 0.6) is 0 Å². The van der Waals surface area contributed by atoms with Crippen molar-refractivity contribution in [1.82, 2.24) is 10.6 Å². The second-order valence-electron chi connectivity index (χ2n) is 6.20. The Morgan fingerprint density at radius 2 is 2.09 bits per heavy atom. The predicted octanol–water partition coefficient (Wildman–Crippen LogP) is 3.12. The molecule has 2 N–H and O–H groups in total. The molecule has 0 aliphatic rings. The molecule has 22 heavy (non-hydrogen) atoms. The number of nitriles is 1. The van der Waals surface area contributed by atoms with Gasteiger partial charge >= 0.3 is 6.09 Å². The van der Waals surface area contributed by atoms with Crippen LogP contribution in [0.2, 0.25) is 0 Å². The lowest BCUT2D eigenvalue weighted by Gasteiger charge is -2.20. The largest absolute Gasteiger partial charge is 0.444 e. The molecule has 5 nitrogen and oxygen atoms in total. The number of rotatable bonds is 6. The third-order valence-corrected chi connectivity index (χ3v) is 2.99. The number of nitrogens with one attached hydrogen (secondary N) is 2. The van der Waals surface area contributed by atoms with Crippen molar-refractivity contribution in [1.29, 1.82) is 5.26 Å². The van der Waals surface area contributed by atoms with Crippen LogP contribution in [0.1, 0.15) is 51.3 Å². The van der Waals surface area contributed by atoms with Gasteiger partial charge in [-0.05, 0) is 58.4 Å². The fourth-order valence-electron chi connectivity index (χ4n) is 1.91. The van der Waals surface area contributed by atoms with Gasteiger partial charge < -0.3 is 15.4 Å². The second kappa shape index (κ2) is 8.40. The molecule has 1 aromatic carbocycles. The second-order valence-corrected chi connectivity index (χ2v) is 6.20. The Balaban J connectivity index is 2.24. The van der Waals surface area contributed by atoms with Gasteiger partial charge in [0, 0.05) is 12.6 Å². The zero-order valence-electron chi connectivity index (χ0n) is 13.8. The molecule has 0 spiro atoms. The highest BCUT2D eigenvalue weighted by Gasteiger charge is 2.15. The van der Waals surface area contributed by atoms with E-state index in [0.29, 0.717) is 12.1 Å². The van der Waals surface area contributed by atoms with Gasteiger partial charge in [0.1, 0.15) is 5.60 Å². The molecule has 1 rings (SSSR count). The highest BCUT2D eigenvalue weighted by atomic mass is 16.6. The van der Waals surface area contributed by atoms with Crippen molar-refractivity contribution in [3.63, 3.8) is 0 Å². The minimum atomic E-state index is -0.470. The topological polar surface area (TPSA) is 74.2 Å². The zero-order chi connectivity index (χ0) is 16.6. The van der Waals surface area contributed by atoms with Crippen LogP contribution in [-0.2, 0) is 4.74 Å². The van der Waals surface area contributed by atoms with E-state index in [9.17, 15) is 4.79 Å². The summed E-state index contributed by atoms with van der Waals surface area (Å²) in [5.41, 5.74) is 1.28. The van der Waals surface area contributed by atoms with E-state index in [0.717, 1.165) is 18.5 Å². The van der Waals surface area contributed by atoms with E-state index in [1.54, 1.807) is 6.07 Å². The summed E-state index contributed by atoms with van der Waals surface area (Å²) < 4.78 is 5.16. The van der Waals surface area contributed by atoms with Gasteiger partial charge in [0.2, 0.25) is 0 Å². The molecular formula is C17H25N3O2. The third kappa shape index (κ3) is 7.09. The van der Waals surface area contributed by atoms with Crippen molar-refractivity contribution < 1.29 is 9.53 Å². The summed E-state index contributed by atoms with van der Waals surface area (Å²) in [6.45, 7) is 8.90. The Labute approximate surface area is 132 Å². The van der Waals surface area contributed by atoms with Gasteiger partial charge in [-0.2, -0.15) is 5.26 Å². The van der Waals surface area contributed by atoms with E-state index >= 15 is 0 Å². The summed E-state index contributed by atoms with van der Waals surface area (Å²) in [4.78, 5) is 11.5. The minimum Gasteiger partial charge on any atom is -0.444 e. The monoisotopic (exact) mass is 303 g/mol. The predicted molar refractivity (Wildman–Crippen MR) is 86.4 cm³/mol. The number of ether oxygens (including phenoxy) is 1. The van der Waals surface area contributed by atoms with Crippen LogP contribution >= 0.6 is 0 Å². The van der Waals surface area contributed by atoms with Crippen LogP contribution in [0.15, 0.2) is 24.3 Å². The van der Waals surface area contributed by atoms with Crippen LogP contribution in [0.3, 0.4) is 0 Å². The quantitative estimate of drug-likeness (QED) is 0.792. The van der Waals surface area contributed by atoms with Crippen molar-refractivity contribution in [3.05, 3.63) is 35.4 Å². The first-order valence-corrected chi connectivity index (χ1v) is 7.52. The molecule has 1 unspecified atom stereocenters. The van der Waals surface area contributed by atoms with Crippen LogP contribution in [-0.4, -0.2) is 24.8 Å². The number of nitrogens with zero attached hydrogens (tertiary/aromatic N) is 1. The van der Waals surface area contributed by atoms with Crippen LogP contribution in [0, 0.1) is 11.3 Å². The summed E-state index contributed by atoms with van der Waals surface area (Å²) in [6.07, 6.45) is 0.420. The van der Waals surface area contributed by atoms with Crippen molar-refractivity contribution in [2.45, 2.75) is 45.8 Å². The SMILES string of the molecule is CC(NCCCNC(=O)OC(C)(C)C)c1cccc(C#N)c1. The molecule has 0 bridgehead atoms. The van der Waals surface area contributed by atoms with Crippen LogP contribution < -0.4 is 10.6 Å². The number of amides is 1. The highest BCUT2D eigenvalue weighted by Crippen LogP contribution is 2.13. The molecule has 0 heterocycles. The van der Waals surface area contributed by atoms with Crippen LogP contribution in [0.25, 0.3) is 0 Å². The average Bonchev–Trinajstić information content (AvgIpc) is 2.45. The molecule has 0 radical (unpaired) electrons. The summed E-state index contributed by atoms with van der Waals surface area (Å²) >= 11 is 0. The Kier molecular flexibility index (Phi) is 6.87. The first kappa shape index (κ1) is 18.0. The van der Waals surface area contributed by atoms with Crippen molar-refractivity contribution in [2.75, 3.05) is 13.1 Å². The summed E-state index contributed by atoms with van der Waals surface area (Å²) in [5.74, 6) is 0. The number of alkyl carbamates (subject to hydrolysis) is 1. The maximum atomic E-state index is 11.5. The van der Waals surface area contributed by atoms with Gasteiger partial charge in [-0.3, -0.25) is 0 Å². The molecule has 1 amide bonds. The fourth-order valence-corrected chi connectivity index (χ4v) is 1.91. The number of carbonyl (C=O) groups is 1. The van der Waals surface area contributed by atoms with Crippen molar-refractivity contribution in [2.24, 2.45) is 0 Å². The maximum Gasteiger partial charge on any atom is 0.407 e. The van der Waals surface area contributed by atoms with Gasteiger partial charge in [-0.25, -0.2) is 4.79 Å². The molecule has 0 aliphatic carbocycles. The third-order valence-electron chi connectivity index (χ3n) is 2.99. The number of benzene rings is 1. The Bertz CT molecular complexity index is 529. The number of carbonyl (C=O) groups excluding carboxylic acids is 1. The Morgan fingerprint density at radius 1 is 1.36 bits per heavy atom. The molecule has 120 valence electrons. The molecule has 1 atom stereocenters. The van der Waals surface area contributed by atoms with E-state index in [2.05, 4.69) is 23.6 Å². The standard InChI is InChI=1S/C17H25N3O2/c1-13(15-8-5-7-14(11-15)12-18)19-9-6-10-20-16(21)22-17(2,3)4/h5,7-8,11,13,19H,6,9-10H2,1-4H3,(H,20,21). The highest BCUT2D eigenvalue weighted by molar-refractivity contribution is 5.67. The van der Waals surface area contributed by atoms with Crippen molar-refractivity contribution >= 4 is 6.09 Å². The van der Waals surface area contributed by atoms with E-state index in [1.807, 2.05) is 39.0 Å². The summed E-state index contributed by atoms with van der Waals surface area (Å²) in [7, 11) is 0. The zero-order valence-corrected chi connectivity index (χ0v) is 13.8. The Morgan fingerprint density at radius 3 is 2.73 bits per heavy atom. The van der Waals surface area contributed by atoms with Crippen molar-refractivity contribution in [3.8, 4) is 6.07 Å².